The van der Waals surface area contributed by atoms with Crippen molar-refractivity contribution < 1.29 is 9.59 Å². The molecule has 1 aliphatic rings. The zero-order valence-electron chi connectivity index (χ0n) is 14.0. The number of aromatic nitrogens is 1. The highest BCUT2D eigenvalue weighted by atomic mass is 79.9. The van der Waals surface area contributed by atoms with Crippen LogP contribution >= 0.6 is 39.0 Å². The van der Waals surface area contributed by atoms with Gasteiger partial charge in [-0.2, -0.15) is 0 Å². The predicted octanol–water partition coefficient (Wildman–Crippen LogP) is 5.26. The summed E-state index contributed by atoms with van der Waals surface area (Å²) in [5.41, 5.74) is 2.95. The number of amides is 2. The van der Waals surface area contributed by atoms with Crippen molar-refractivity contribution in [2.24, 2.45) is 0 Å². The molecule has 136 valence electrons. The van der Waals surface area contributed by atoms with E-state index in [1.165, 1.54) is 11.3 Å². The van der Waals surface area contributed by atoms with Crippen molar-refractivity contribution in [3.05, 3.63) is 57.9 Å². The van der Waals surface area contributed by atoms with Crippen molar-refractivity contribution in [3.8, 4) is 11.3 Å². The number of hydrogen-bond acceptors (Lipinski definition) is 5. The zero-order valence-corrected chi connectivity index (χ0v) is 17.2. The molecule has 2 N–H and O–H groups in total. The summed E-state index contributed by atoms with van der Waals surface area (Å²) in [7, 11) is 0. The van der Waals surface area contributed by atoms with Gasteiger partial charge < -0.3 is 5.32 Å². The number of benzene rings is 2. The number of thiazole rings is 1. The second-order valence-electron chi connectivity index (χ2n) is 5.86. The van der Waals surface area contributed by atoms with E-state index in [1.807, 2.05) is 35.7 Å². The van der Waals surface area contributed by atoms with Crippen LogP contribution in [0.15, 0.2) is 57.2 Å². The molecule has 2 heterocycles. The fourth-order valence-electron chi connectivity index (χ4n) is 2.64. The van der Waals surface area contributed by atoms with Crippen molar-refractivity contribution in [1.29, 1.82) is 0 Å². The molecule has 3 aromatic rings. The largest absolute Gasteiger partial charge is 0.325 e. The normalized spacial score (nSPS) is 13.4. The van der Waals surface area contributed by atoms with Crippen LogP contribution in [0.25, 0.3) is 11.3 Å². The summed E-state index contributed by atoms with van der Waals surface area (Å²) >= 11 is 6.44. The van der Waals surface area contributed by atoms with Gasteiger partial charge in [-0.1, -0.05) is 28.1 Å². The Morgan fingerprint density at radius 3 is 2.96 bits per heavy atom. The highest BCUT2D eigenvalue weighted by molar-refractivity contribution is 9.10. The number of fused-ring (bicyclic) bond motifs is 1. The number of halogens is 1. The topological polar surface area (TPSA) is 71.1 Å². The van der Waals surface area contributed by atoms with E-state index in [2.05, 4.69) is 31.5 Å². The van der Waals surface area contributed by atoms with Crippen LogP contribution in [0, 0.1) is 0 Å². The van der Waals surface area contributed by atoms with Crippen LogP contribution in [0.2, 0.25) is 0 Å². The monoisotopic (exact) mass is 459 g/mol. The number of carbonyl (C=O) groups is 2. The Kier molecular flexibility index (Phi) is 5.29. The Morgan fingerprint density at radius 1 is 1.22 bits per heavy atom. The summed E-state index contributed by atoms with van der Waals surface area (Å²) < 4.78 is 0.975. The predicted molar refractivity (Wildman–Crippen MR) is 114 cm³/mol. The number of nitrogens with zero attached hydrogens (tertiary/aromatic N) is 1. The van der Waals surface area contributed by atoms with Gasteiger partial charge in [0.05, 0.1) is 11.4 Å². The minimum atomic E-state index is -0.253. The number of anilines is 2. The van der Waals surface area contributed by atoms with Gasteiger partial charge in [-0.05, 0) is 30.3 Å². The Labute approximate surface area is 172 Å². The molecule has 0 saturated carbocycles. The molecular weight excluding hydrogens is 446 g/mol. The molecule has 0 aliphatic carbocycles. The third kappa shape index (κ3) is 4.23. The molecule has 8 heteroatoms. The summed E-state index contributed by atoms with van der Waals surface area (Å²) in [4.78, 5) is 29.8. The molecule has 0 bridgehead atoms. The molecule has 0 fully saturated rings. The van der Waals surface area contributed by atoms with E-state index in [1.54, 1.807) is 23.9 Å². The number of rotatable bonds is 3. The van der Waals surface area contributed by atoms with E-state index in [0.29, 0.717) is 22.8 Å². The average molecular weight is 460 g/mol. The molecule has 1 aromatic heterocycles. The summed E-state index contributed by atoms with van der Waals surface area (Å²) in [5, 5.41) is 8.13. The Morgan fingerprint density at radius 2 is 2.11 bits per heavy atom. The number of carbonyl (C=O) groups excluding carboxylic acids is 2. The molecule has 5 nitrogen and oxygen atoms in total. The van der Waals surface area contributed by atoms with Crippen LogP contribution in [0.4, 0.5) is 10.8 Å². The van der Waals surface area contributed by atoms with Crippen molar-refractivity contribution in [3.63, 3.8) is 0 Å². The van der Waals surface area contributed by atoms with Crippen LogP contribution < -0.4 is 10.6 Å². The SMILES string of the molecule is O=C1CCSc2ccc(C(=O)Nc3nc(-c4cccc(Br)c4)cs3)cc2N1. The Hall–Kier alpha value is -2.16. The lowest BCUT2D eigenvalue weighted by Gasteiger charge is -2.08. The highest BCUT2D eigenvalue weighted by Gasteiger charge is 2.16. The number of thioether (sulfide) groups is 1. The van der Waals surface area contributed by atoms with E-state index in [0.717, 1.165) is 26.4 Å². The first-order valence-corrected chi connectivity index (χ1v) is 10.8. The summed E-state index contributed by atoms with van der Waals surface area (Å²) in [6.45, 7) is 0. The second kappa shape index (κ2) is 7.84. The average Bonchev–Trinajstić information content (AvgIpc) is 3.02. The molecule has 4 rings (SSSR count). The van der Waals surface area contributed by atoms with Crippen molar-refractivity contribution in [2.75, 3.05) is 16.4 Å². The van der Waals surface area contributed by atoms with Crippen LogP contribution in [0.5, 0.6) is 0 Å². The third-order valence-corrected chi connectivity index (χ3v) is 6.27. The minimum absolute atomic E-state index is 0.0302. The molecule has 2 aromatic carbocycles. The molecular formula is C19H14BrN3O2S2. The molecule has 0 unspecified atom stereocenters. The fourth-order valence-corrected chi connectivity index (χ4v) is 4.69. The van der Waals surface area contributed by atoms with E-state index in [4.69, 9.17) is 0 Å². The van der Waals surface area contributed by atoms with Gasteiger partial charge in [-0.15, -0.1) is 23.1 Å². The highest BCUT2D eigenvalue weighted by Crippen LogP contribution is 2.32. The Balaban J connectivity index is 1.52. The van der Waals surface area contributed by atoms with Gasteiger partial charge in [0, 0.05) is 38.0 Å². The van der Waals surface area contributed by atoms with E-state index >= 15 is 0 Å². The maximum Gasteiger partial charge on any atom is 0.257 e. The van der Waals surface area contributed by atoms with Gasteiger partial charge in [-0.3, -0.25) is 14.9 Å². The van der Waals surface area contributed by atoms with Gasteiger partial charge in [0.25, 0.3) is 5.91 Å². The van der Waals surface area contributed by atoms with Crippen LogP contribution in [-0.4, -0.2) is 22.6 Å². The molecule has 0 radical (unpaired) electrons. The third-order valence-electron chi connectivity index (χ3n) is 3.95. The molecule has 1 aliphatic heterocycles. The molecule has 0 spiro atoms. The van der Waals surface area contributed by atoms with Crippen molar-refractivity contribution in [2.45, 2.75) is 11.3 Å². The van der Waals surface area contributed by atoms with Crippen LogP contribution in [-0.2, 0) is 4.79 Å². The molecule has 2 amide bonds. The lowest BCUT2D eigenvalue weighted by Crippen LogP contribution is -2.14. The lowest BCUT2D eigenvalue weighted by atomic mass is 10.2. The Bertz CT molecular complexity index is 1040. The quantitative estimate of drug-likeness (QED) is 0.560. The van der Waals surface area contributed by atoms with Gasteiger partial charge in [0.1, 0.15) is 0 Å². The van der Waals surface area contributed by atoms with E-state index in [9.17, 15) is 9.59 Å². The smallest absolute Gasteiger partial charge is 0.257 e. The molecule has 0 atom stereocenters. The molecule has 27 heavy (non-hydrogen) atoms. The summed E-state index contributed by atoms with van der Waals surface area (Å²) in [5.74, 6) is 0.454. The van der Waals surface area contributed by atoms with Crippen LogP contribution in [0.3, 0.4) is 0 Å². The van der Waals surface area contributed by atoms with E-state index < -0.39 is 0 Å². The first kappa shape index (κ1) is 18.2. The van der Waals surface area contributed by atoms with Gasteiger partial charge >= 0.3 is 0 Å². The number of hydrogen-bond donors (Lipinski definition) is 2. The second-order valence-corrected chi connectivity index (χ2v) is 8.77. The van der Waals surface area contributed by atoms with E-state index in [-0.39, 0.29) is 11.8 Å². The maximum absolute atomic E-state index is 12.6. The van der Waals surface area contributed by atoms with Crippen molar-refractivity contribution >= 4 is 61.7 Å². The molecule has 0 saturated heterocycles. The first-order chi connectivity index (χ1) is 13.1. The standard InChI is InChI=1S/C19H14BrN3O2S2/c20-13-3-1-2-11(8-13)15-10-27-19(22-15)23-18(25)12-4-5-16-14(9-12)21-17(24)6-7-26-16/h1-5,8-10H,6-7H2,(H,21,24)(H,22,23,25). The van der Waals surface area contributed by atoms with Gasteiger partial charge in [0.2, 0.25) is 5.91 Å². The van der Waals surface area contributed by atoms with Crippen LogP contribution in [0.1, 0.15) is 16.8 Å². The van der Waals surface area contributed by atoms with Gasteiger partial charge in [0.15, 0.2) is 5.13 Å². The maximum atomic E-state index is 12.6. The first-order valence-electron chi connectivity index (χ1n) is 8.18. The summed E-state index contributed by atoms with van der Waals surface area (Å²) in [6, 6.07) is 13.2. The minimum Gasteiger partial charge on any atom is -0.325 e. The zero-order chi connectivity index (χ0) is 18.8. The van der Waals surface area contributed by atoms with Crippen molar-refractivity contribution in [1.82, 2.24) is 4.98 Å². The lowest BCUT2D eigenvalue weighted by molar-refractivity contribution is -0.115. The number of nitrogens with one attached hydrogen (secondary N) is 2. The van der Waals surface area contributed by atoms with Gasteiger partial charge in [-0.25, -0.2) is 4.98 Å². The fraction of sp³-hybridized carbons (Fsp3) is 0.105. The summed E-state index contributed by atoms with van der Waals surface area (Å²) in [6.07, 6.45) is 0.471.